The Morgan fingerprint density at radius 3 is 2.63 bits per heavy atom. The molecule has 3 rings (SSSR count). The molecule has 0 saturated heterocycles. The molecule has 1 N–H and O–H groups in total. The number of thiophene rings is 1. The SMILES string of the molecule is CCOC(=O)c1sc(NC(=O)c2ccn(COc3ccc(Cl)cc3Br)n2)c(C(=O)OC(C)C)c1C. The van der Waals surface area contributed by atoms with Crippen LogP contribution in [0.1, 0.15) is 56.9 Å². The van der Waals surface area contributed by atoms with Gasteiger partial charge in [-0.2, -0.15) is 5.10 Å². The molecule has 1 aromatic carbocycles. The second kappa shape index (κ2) is 11.7. The van der Waals surface area contributed by atoms with E-state index in [2.05, 4.69) is 26.3 Å². The summed E-state index contributed by atoms with van der Waals surface area (Å²) in [7, 11) is 0. The van der Waals surface area contributed by atoms with Gasteiger partial charge in [0.25, 0.3) is 5.91 Å². The van der Waals surface area contributed by atoms with Gasteiger partial charge in [-0.15, -0.1) is 11.3 Å². The largest absolute Gasteiger partial charge is 0.470 e. The number of hydrogen-bond donors (Lipinski definition) is 1. The van der Waals surface area contributed by atoms with E-state index in [-0.39, 0.29) is 40.6 Å². The van der Waals surface area contributed by atoms with Crippen LogP contribution in [-0.2, 0) is 16.2 Å². The Hall–Kier alpha value is -2.89. The standard InChI is InChI=1S/C23H23BrClN3O6S/c1-5-32-23(31)19-13(4)18(22(30)34-12(2)3)21(35-19)26-20(29)16-8-9-28(27-16)11-33-17-7-6-14(25)10-15(17)24/h6-10,12H,5,11H2,1-4H3,(H,26,29). The van der Waals surface area contributed by atoms with Gasteiger partial charge in [0.15, 0.2) is 12.4 Å². The lowest BCUT2D eigenvalue weighted by molar-refractivity contribution is 0.0379. The number of esters is 2. The first kappa shape index (κ1) is 26.7. The fraction of sp³-hybridized carbons (Fsp3) is 0.304. The van der Waals surface area contributed by atoms with E-state index in [1.807, 2.05) is 0 Å². The van der Waals surface area contributed by atoms with Gasteiger partial charge in [0.05, 0.1) is 22.7 Å². The zero-order chi connectivity index (χ0) is 25.7. The lowest BCUT2D eigenvalue weighted by Crippen LogP contribution is -2.18. The molecule has 3 aromatic rings. The third kappa shape index (κ3) is 6.62. The smallest absolute Gasteiger partial charge is 0.348 e. The van der Waals surface area contributed by atoms with Crippen molar-refractivity contribution in [2.75, 3.05) is 11.9 Å². The van der Waals surface area contributed by atoms with Gasteiger partial charge in [-0.1, -0.05) is 11.6 Å². The molecule has 0 radical (unpaired) electrons. The molecule has 0 aliphatic heterocycles. The Labute approximate surface area is 219 Å². The average molecular weight is 585 g/mol. The maximum Gasteiger partial charge on any atom is 0.348 e. The van der Waals surface area contributed by atoms with Crippen LogP contribution in [0, 0.1) is 6.92 Å². The van der Waals surface area contributed by atoms with E-state index < -0.39 is 17.8 Å². The van der Waals surface area contributed by atoms with Crippen molar-refractivity contribution in [1.82, 2.24) is 9.78 Å². The number of carbonyl (C=O) groups excluding carboxylic acids is 3. The summed E-state index contributed by atoms with van der Waals surface area (Å²) in [5.74, 6) is -1.23. The van der Waals surface area contributed by atoms with Crippen LogP contribution in [0.5, 0.6) is 5.75 Å². The highest BCUT2D eigenvalue weighted by Gasteiger charge is 2.28. The molecule has 2 heterocycles. The van der Waals surface area contributed by atoms with E-state index >= 15 is 0 Å². The summed E-state index contributed by atoms with van der Waals surface area (Å²) in [6.07, 6.45) is 1.20. The van der Waals surface area contributed by atoms with Gasteiger partial charge in [0.2, 0.25) is 0 Å². The topological polar surface area (TPSA) is 109 Å². The van der Waals surface area contributed by atoms with Gasteiger partial charge in [-0.05, 0) is 73.5 Å². The maximum atomic E-state index is 12.9. The van der Waals surface area contributed by atoms with Crippen molar-refractivity contribution in [3.63, 3.8) is 0 Å². The molecule has 0 fully saturated rings. The summed E-state index contributed by atoms with van der Waals surface area (Å²) in [6.45, 7) is 6.93. The molecule has 12 heteroatoms. The van der Waals surface area contributed by atoms with E-state index in [1.165, 1.54) is 10.7 Å². The number of benzene rings is 1. The fourth-order valence-electron chi connectivity index (χ4n) is 2.96. The molecule has 186 valence electrons. The summed E-state index contributed by atoms with van der Waals surface area (Å²) < 4.78 is 18.2. The Balaban J connectivity index is 1.78. The molecule has 0 unspecified atom stereocenters. The van der Waals surface area contributed by atoms with Crippen molar-refractivity contribution in [1.29, 1.82) is 0 Å². The Bertz CT molecular complexity index is 1260. The van der Waals surface area contributed by atoms with E-state index in [0.29, 0.717) is 20.8 Å². The van der Waals surface area contributed by atoms with Crippen LogP contribution in [0.3, 0.4) is 0 Å². The fourth-order valence-corrected chi connectivity index (χ4v) is 4.84. The van der Waals surface area contributed by atoms with E-state index in [0.717, 1.165) is 11.3 Å². The molecule has 1 amide bonds. The highest BCUT2D eigenvalue weighted by Crippen LogP contribution is 2.35. The zero-order valence-corrected chi connectivity index (χ0v) is 22.5. The molecular weight excluding hydrogens is 562 g/mol. The minimum absolute atomic E-state index is 0.0462. The number of carbonyl (C=O) groups is 3. The van der Waals surface area contributed by atoms with Crippen LogP contribution in [0.4, 0.5) is 5.00 Å². The lowest BCUT2D eigenvalue weighted by Gasteiger charge is -2.10. The zero-order valence-electron chi connectivity index (χ0n) is 19.4. The second-order valence-corrected chi connectivity index (χ2v) is 9.79. The molecule has 0 aliphatic rings. The predicted molar refractivity (Wildman–Crippen MR) is 136 cm³/mol. The van der Waals surface area contributed by atoms with Gasteiger partial charge in [0.1, 0.15) is 15.6 Å². The molecule has 35 heavy (non-hydrogen) atoms. The number of amides is 1. The minimum atomic E-state index is -0.646. The lowest BCUT2D eigenvalue weighted by atomic mass is 10.1. The van der Waals surface area contributed by atoms with E-state index in [9.17, 15) is 14.4 Å². The molecule has 0 saturated carbocycles. The van der Waals surface area contributed by atoms with Crippen LogP contribution >= 0.6 is 38.9 Å². The molecule has 9 nitrogen and oxygen atoms in total. The van der Waals surface area contributed by atoms with E-state index in [1.54, 1.807) is 52.1 Å². The van der Waals surface area contributed by atoms with Gasteiger partial charge in [-0.25, -0.2) is 14.3 Å². The first-order valence-electron chi connectivity index (χ1n) is 10.5. The number of nitrogens with one attached hydrogen (secondary N) is 1. The summed E-state index contributed by atoms with van der Waals surface area (Å²) in [5.41, 5.74) is 0.577. The van der Waals surface area contributed by atoms with Gasteiger partial charge < -0.3 is 19.5 Å². The summed E-state index contributed by atoms with van der Waals surface area (Å²) in [5, 5.41) is 7.64. The minimum Gasteiger partial charge on any atom is -0.470 e. The van der Waals surface area contributed by atoms with Crippen LogP contribution in [0.15, 0.2) is 34.9 Å². The summed E-state index contributed by atoms with van der Waals surface area (Å²) >= 11 is 10.3. The molecule has 0 spiro atoms. The van der Waals surface area contributed by atoms with E-state index in [4.69, 9.17) is 25.8 Å². The van der Waals surface area contributed by atoms with Crippen molar-refractivity contribution in [2.24, 2.45) is 0 Å². The summed E-state index contributed by atoms with van der Waals surface area (Å²) in [4.78, 5) is 38.2. The Kier molecular flexibility index (Phi) is 8.92. The maximum absolute atomic E-state index is 12.9. The van der Waals surface area contributed by atoms with Crippen molar-refractivity contribution < 1.29 is 28.6 Å². The first-order chi connectivity index (χ1) is 16.6. The number of rotatable bonds is 9. The number of aromatic nitrogens is 2. The Morgan fingerprint density at radius 1 is 1.23 bits per heavy atom. The predicted octanol–water partition coefficient (Wildman–Crippen LogP) is 5.70. The number of hydrogen-bond acceptors (Lipinski definition) is 8. The number of nitrogens with zero attached hydrogens (tertiary/aromatic N) is 2. The normalized spacial score (nSPS) is 10.8. The van der Waals surface area contributed by atoms with Crippen molar-refractivity contribution in [2.45, 2.75) is 40.5 Å². The van der Waals surface area contributed by atoms with Crippen LogP contribution in [-0.4, -0.2) is 40.3 Å². The quantitative estimate of drug-likeness (QED) is 0.321. The van der Waals surface area contributed by atoms with Gasteiger partial charge in [-0.3, -0.25) is 4.79 Å². The van der Waals surface area contributed by atoms with Crippen molar-refractivity contribution in [3.8, 4) is 5.75 Å². The third-order valence-corrected chi connectivity index (χ3v) is 6.54. The van der Waals surface area contributed by atoms with Crippen LogP contribution < -0.4 is 10.1 Å². The van der Waals surface area contributed by atoms with Crippen LogP contribution in [0.2, 0.25) is 5.02 Å². The number of ether oxygens (including phenoxy) is 3. The van der Waals surface area contributed by atoms with Gasteiger partial charge in [0, 0.05) is 11.2 Å². The molecule has 0 aliphatic carbocycles. The summed E-state index contributed by atoms with van der Waals surface area (Å²) in [6, 6.07) is 6.61. The number of anilines is 1. The monoisotopic (exact) mass is 583 g/mol. The second-order valence-electron chi connectivity index (χ2n) is 7.48. The highest BCUT2D eigenvalue weighted by atomic mass is 79.9. The first-order valence-corrected chi connectivity index (χ1v) is 12.5. The van der Waals surface area contributed by atoms with Crippen molar-refractivity contribution in [3.05, 3.63) is 61.7 Å². The molecule has 0 atom stereocenters. The van der Waals surface area contributed by atoms with Crippen LogP contribution in [0.25, 0.3) is 0 Å². The van der Waals surface area contributed by atoms with Crippen molar-refractivity contribution >= 4 is 61.7 Å². The Morgan fingerprint density at radius 2 is 1.97 bits per heavy atom. The molecule has 0 bridgehead atoms. The third-order valence-electron chi connectivity index (χ3n) is 4.50. The molecule has 2 aromatic heterocycles. The number of halogens is 2. The molecular formula is C23H23BrClN3O6S. The average Bonchev–Trinajstić information content (AvgIpc) is 3.37. The highest BCUT2D eigenvalue weighted by molar-refractivity contribution is 9.10. The van der Waals surface area contributed by atoms with Gasteiger partial charge >= 0.3 is 11.9 Å².